The predicted molar refractivity (Wildman–Crippen MR) is 58.9 cm³/mol. The molecule has 0 amide bonds. The fourth-order valence-electron chi connectivity index (χ4n) is 2.03. The summed E-state index contributed by atoms with van der Waals surface area (Å²) < 4.78 is 11.1. The molecular weight excluding hydrogens is 194 g/mol. The molecule has 1 N–H and O–H groups in total. The highest BCUT2D eigenvalue weighted by Crippen LogP contribution is 2.17. The largest absolute Gasteiger partial charge is 0.388 e. The van der Waals surface area contributed by atoms with E-state index in [1.807, 2.05) is 13.8 Å². The lowest BCUT2D eigenvalue weighted by atomic mass is 10.0. The summed E-state index contributed by atoms with van der Waals surface area (Å²) in [6.07, 6.45) is -0.715. The van der Waals surface area contributed by atoms with Gasteiger partial charge in [-0.15, -0.1) is 0 Å². The van der Waals surface area contributed by atoms with Gasteiger partial charge in [0.15, 0.2) is 0 Å². The molecule has 1 rings (SSSR count). The van der Waals surface area contributed by atoms with Crippen molar-refractivity contribution >= 4 is 0 Å². The second-order valence-corrected chi connectivity index (χ2v) is 3.83. The summed E-state index contributed by atoms with van der Waals surface area (Å²) in [6.45, 7) is 9.87. The van der Waals surface area contributed by atoms with Crippen molar-refractivity contribution < 1.29 is 14.6 Å². The van der Waals surface area contributed by atoms with Crippen molar-refractivity contribution in [3.05, 3.63) is 0 Å². The van der Waals surface area contributed by atoms with Gasteiger partial charge < -0.3 is 14.6 Å². The van der Waals surface area contributed by atoms with Crippen molar-refractivity contribution in [3.8, 4) is 0 Å². The molecule has 15 heavy (non-hydrogen) atoms. The van der Waals surface area contributed by atoms with Gasteiger partial charge in [0.1, 0.15) is 6.10 Å². The fraction of sp³-hybridized carbons (Fsp3) is 1.00. The standard InChI is InChI=1S/C11H23NO3/c1-4-12-7-9(14-5-2)11(13)10(8-12)15-6-3/h9-11,13H,4-8H2,1-3H3/t9-,10+,11+. The van der Waals surface area contributed by atoms with E-state index in [4.69, 9.17) is 9.47 Å². The molecule has 3 atom stereocenters. The lowest BCUT2D eigenvalue weighted by Crippen LogP contribution is -2.57. The van der Waals surface area contributed by atoms with Crippen molar-refractivity contribution in [2.75, 3.05) is 32.8 Å². The van der Waals surface area contributed by atoms with Crippen LogP contribution in [-0.2, 0) is 9.47 Å². The number of aliphatic hydroxyl groups is 1. The molecule has 0 aromatic carbocycles. The minimum atomic E-state index is -0.493. The van der Waals surface area contributed by atoms with Gasteiger partial charge in [-0.1, -0.05) is 6.92 Å². The number of hydrogen-bond acceptors (Lipinski definition) is 4. The Hall–Kier alpha value is -0.160. The van der Waals surface area contributed by atoms with Gasteiger partial charge in [0.05, 0.1) is 12.2 Å². The second-order valence-electron chi connectivity index (χ2n) is 3.83. The highest BCUT2D eigenvalue weighted by atomic mass is 16.5. The van der Waals surface area contributed by atoms with Gasteiger partial charge in [-0.2, -0.15) is 0 Å². The Morgan fingerprint density at radius 1 is 1.07 bits per heavy atom. The van der Waals surface area contributed by atoms with E-state index in [2.05, 4.69) is 11.8 Å². The number of ether oxygens (including phenoxy) is 2. The van der Waals surface area contributed by atoms with Gasteiger partial charge in [-0.05, 0) is 20.4 Å². The van der Waals surface area contributed by atoms with E-state index in [1.54, 1.807) is 0 Å². The Kier molecular flexibility index (Phi) is 5.53. The Labute approximate surface area is 92.2 Å². The van der Waals surface area contributed by atoms with Crippen LogP contribution in [-0.4, -0.2) is 61.2 Å². The molecule has 0 radical (unpaired) electrons. The molecule has 4 heteroatoms. The summed E-state index contributed by atoms with van der Waals surface area (Å²) in [5.74, 6) is 0. The molecule has 0 unspecified atom stereocenters. The fourth-order valence-corrected chi connectivity index (χ4v) is 2.03. The first-order valence-corrected chi connectivity index (χ1v) is 5.86. The third-order valence-corrected chi connectivity index (χ3v) is 2.85. The monoisotopic (exact) mass is 217 g/mol. The minimum Gasteiger partial charge on any atom is -0.388 e. The third kappa shape index (κ3) is 3.41. The van der Waals surface area contributed by atoms with Crippen LogP contribution >= 0.6 is 0 Å². The number of nitrogens with zero attached hydrogens (tertiary/aromatic N) is 1. The van der Waals surface area contributed by atoms with E-state index in [0.29, 0.717) is 13.2 Å². The normalized spacial score (nSPS) is 33.2. The summed E-state index contributed by atoms with van der Waals surface area (Å²) in [7, 11) is 0. The summed E-state index contributed by atoms with van der Waals surface area (Å²) in [5.41, 5.74) is 0. The van der Waals surface area contributed by atoms with Gasteiger partial charge in [0.2, 0.25) is 0 Å². The van der Waals surface area contributed by atoms with Crippen LogP contribution in [0, 0.1) is 0 Å². The Bertz CT molecular complexity index is 161. The molecule has 90 valence electrons. The zero-order valence-corrected chi connectivity index (χ0v) is 9.98. The topological polar surface area (TPSA) is 41.9 Å². The lowest BCUT2D eigenvalue weighted by molar-refractivity contribution is -0.148. The van der Waals surface area contributed by atoms with E-state index in [9.17, 15) is 5.11 Å². The molecule has 1 saturated heterocycles. The van der Waals surface area contributed by atoms with Crippen molar-refractivity contribution in [2.24, 2.45) is 0 Å². The van der Waals surface area contributed by atoms with Gasteiger partial charge in [0, 0.05) is 26.3 Å². The van der Waals surface area contributed by atoms with Gasteiger partial charge in [0.25, 0.3) is 0 Å². The minimum absolute atomic E-state index is 0.111. The van der Waals surface area contributed by atoms with Gasteiger partial charge in [-0.3, -0.25) is 4.90 Å². The average Bonchev–Trinajstić information content (AvgIpc) is 2.24. The smallest absolute Gasteiger partial charge is 0.109 e. The predicted octanol–water partition coefficient (Wildman–Crippen LogP) is 0.493. The number of likely N-dealkylation sites (tertiary alicyclic amines) is 1. The third-order valence-electron chi connectivity index (χ3n) is 2.85. The molecule has 0 aliphatic carbocycles. The van der Waals surface area contributed by atoms with E-state index >= 15 is 0 Å². The summed E-state index contributed by atoms with van der Waals surface area (Å²) in [4.78, 5) is 2.26. The molecule has 0 saturated carbocycles. The maximum Gasteiger partial charge on any atom is 0.109 e. The van der Waals surface area contributed by atoms with Crippen molar-refractivity contribution in [3.63, 3.8) is 0 Å². The van der Waals surface area contributed by atoms with Gasteiger partial charge in [-0.25, -0.2) is 0 Å². The van der Waals surface area contributed by atoms with Crippen LogP contribution in [0.2, 0.25) is 0 Å². The first-order valence-electron chi connectivity index (χ1n) is 5.86. The average molecular weight is 217 g/mol. The van der Waals surface area contributed by atoms with Crippen LogP contribution in [0.3, 0.4) is 0 Å². The maximum atomic E-state index is 10.0. The van der Waals surface area contributed by atoms with Crippen LogP contribution in [0.1, 0.15) is 20.8 Å². The molecule has 1 heterocycles. The van der Waals surface area contributed by atoms with Crippen LogP contribution in [0.5, 0.6) is 0 Å². The van der Waals surface area contributed by atoms with E-state index in [0.717, 1.165) is 19.6 Å². The molecule has 1 aliphatic rings. The summed E-state index contributed by atoms with van der Waals surface area (Å²) >= 11 is 0. The lowest BCUT2D eigenvalue weighted by Gasteiger charge is -2.40. The Morgan fingerprint density at radius 3 is 1.87 bits per heavy atom. The zero-order chi connectivity index (χ0) is 11.3. The summed E-state index contributed by atoms with van der Waals surface area (Å²) in [6, 6.07) is 0. The van der Waals surface area contributed by atoms with Crippen LogP contribution in [0.4, 0.5) is 0 Å². The van der Waals surface area contributed by atoms with Crippen LogP contribution in [0.25, 0.3) is 0 Å². The molecule has 1 fully saturated rings. The Morgan fingerprint density at radius 2 is 1.53 bits per heavy atom. The SMILES string of the molecule is CCO[C@H]1CN(CC)C[C@@H](OCC)[C@@H]1O. The zero-order valence-electron chi connectivity index (χ0n) is 9.98. The molecule has 0 spiro atoms. The van der Waals surface area contributed by atoms with Crippen LogP contribution in [0.15, 0.2) is 0 Å². The van der Waals surface area contributed by atoms with E-state index < -0.39 is 6.10 Å². The van der Waals surface area contributed by atoms with Crippen LogP contribution < -0.4 is 0 Å². The molecular formula is C11H23NO3. The molecule has 4 nitrogen and oxygen atoms in total. The van der Waals surface area contributed by atoms with Crippen molar-refractivity contribution in [1.29, 1.82) is 0 Å². The summed E-state index contributed by atoms with van der Waals surface area (Å²) in [5, 5.41) is 10.0. The number of hydrogen-bond donors (Lipinski definition) is 1. The Balaban J connectivity index is 2.56. The second kappa shape index (κ2) is 6.43. The maximum absolute atomic E-state index is 10.0. The molecule has 1 aliphatic heterocycles. The highest BCUT2D eigenvalue weighted by molar-refractivity contribution is 4.88. The molecule has 0 bridgehead atoms. The number of aliphatic hydroxyl groups excluding tert-OH is 1. The first-order chi connectivity index (χ1) is 7.22. The van der Waals surface area contributed by atoms with Crippen molar-refractivity contribution in [1.82, 2.24) is 4.90 Å². The first kappa shape index (κ1) is 12.9. The number of piperidine rings is 1. The number of likely N-dealkylation sites (N-methyl/N-ethyl adjacent to an activating group) is 1. The van der Waals surface area contributed by atoms with Gasteiger partial charge >= 0.3 is 0 Å². The quantitative estimate of drug-likeness (QED) is 0.728. The number of rotatable bonds is 5. The molecule has 0 aromatic rings. The highest BCUT2D eigenvalue weighted by Gasteiger charge is 2.35. The van der Waals surface area contributed by atoms with Crippen molar-refractivity contribution in [2.45, 2.75) is 39.1 Å². The molecule has 0 aromatic heterocycles. The van der Waals surface area contributed by atoms with E-state index in [-0.39, 0.29) is 12.2 Å². The van der Waals surface area contributed by atoms with E-state index in [1.165, 1.54) is 0 Å².